The Kier molecular flexibility index (Phi) is 4.60. The van der Waals surface area contributed by atoms with E-state index < -0.39 is 11.0 Å². The first kappa shape index (κ1) is 21.2. The van der Waals surface area contributed by atoms with Gasteiger partial charge >= 0.3 is 0 Å². The number of anilines is 1. The summed E-state index contributed by atoms with van der Waals surface area (Å²) < 4.78 is 1.63. The Morgan fingerprint density at radius 2 is 1.77 bits per heavy atom. The molecule has 35 heavy (non-hydrogen) atoms. The summed E-state index contributed by atoms with van der Waals surface area (Å²) in [6, 6.07) is 19.8. The summed E-state index contributed by atoms with van der Waals surface area (Å²) in [6.07, 6.45) is 1.01. The van der Waals surface area contributed by atoms with Gasteiger partial charge in [-0.05, 0) is 28.7 Å². The van der Waals surface area contributed by atoms with Crippen LogP contribution >= 0.6 is 0 Å². The number of allylic oxidation sites excluding steroid dienone is 2. The zero-order valence-electron chi connectivity index (χ0n) is 19.4. The van der Waals surface area contributed by atoms with Crippen molar-refractivity contribution in [1.82, 2.24) is 14.8 Å². The topological polar surface area (TPSA) is 103 Å². The molecule has 0 amide bonds. The van der Waals surface area contributed by atoms with Gasteiger partial charge < -0.3 is 5.32 Å². The van der Waals surface area contributed by atoms with Crippen molar-refractivity contribution < 1.29 is 9.72 Å². The predicted octanol–water partition coefficient (Wildman–Crippen LogP) is 5.66. The SMILES string of the molecule is CC1(C)CC(=O)C2=C(C1)Nc1nc(-c3cccc4ccccc34)nn1C2c1ccccc1[N+](=O)[O-]. The van der Waals surface area contributed by atoms with Crippen LogP contribution in [0.25, 0.3) is 22.2 Å². The number of rotatable bonds is 3. The number of ketones is 1. The van der Waals surface area contributed by atoms with Crippen molar-refractivity contribution in [2.75, 3.05) is 5.32 Å². The number of aromatic nitrogens is 3. The number of hydrogen-bond donors (Lipinski definition) is 1. The number of hydrogen-bond acceptors (Lipinski definition) is 6. The molecule has 0 saturated carbocycles. The highest BCUT2D eigenvalue weighted by molar-refractivity contribution is 6.00. The van der Waals surface area contributed by atoms with Gasteiger partial charge in [0.1, 0.15) is 6.04 Å². The van der Waals surface area contributed by atoms with Gasteiger partial charge in [0.05, 0.1) is 10.5 Å². The molecule has 1 atom stereocenters. The summed E-state index contributed by atoms with van der Waals surface area (Å²) >= 11 is 0. The molecule has 8 heteroatoms. The smallest absolute Gasteiger partial charge is 0.275 e. The molecule has 2 heterocycles. The molecule has 0 saturated heterocycles. The van der Waals surface area contributed by atoms with E-state index in [2.05, 4.69) is 19.2 Å². The van der Waals surface area contributed by atoms with E-state index in [1.165, 1.54) is 6.07 Å². The zero-order valence-corrected chi connectivity index (χ0v) is 19.4. The van der Waals surface area contributed by atoms with Gasteiger partial charge in [-0.3, -0.25) is 14.9 Å². The van der Waals surface area contributed by atoms with Crippen LogP contribution in [0, 0.1) is 15.5 Å². The predicted molar refractivity (Wildman–Crippen MR) is 133 cm³/mol. The monoisotopic (exact) mass is 465 g/mol. The van der Waals surface area contributed by atoms with Crippen LogP contribution in [-0.4, -0.2) is 25.5 Å². The normalized spacial score (nSPS) is 18.7. The fourth-order valence-electron chi connectivity index (χ4n) is 5.32. The second kappa shape index (κ2) is 7.59. The summed E-state index contributed by atoms with van der Waals surface area (Å²) in [5.41, 5.74) is 2.31. The summed E-state index contributed by atoms with van der Waals surface area (Å²) in [5, 5.41) is 22.2. The van der Waals surface area contributed by atoms with Crippen LogP contribution in [0.15, 0.2) is 78.0 Å². The molecular formula is C27H23N5O3. The molecule has 1 aliphatic heterocycles. The number of nitrogens with one attached hydrogen (secondary N) is 1. The molecule has 174 valence electrons. The molecular weight excluding hydrogens is 442 g/mol. The van der Waals surface area contributed by atoms with E-state index in [4.69, 9.17) is 10.1 Å². The average molecular weight is 466 g/mol. The van der Waals surface area contributed by atoms with Crippen LogP contribution in [0.5, 0.6) is 0 Å². The minimum atomic E-state index is -0.734. The number of carbonyl (C=O) groups is 1. The first-order valence-electron chi connectivity index (χ1n) is 11.5. The zero-order chi connectivity index (χ0) is 24.3. The highest BCUT2D eigenvalue weighted by atomic mass is 16.6. The van der Waals surface area contributed by atoms with Crippen molar-refractivity contribution in [3.8, 4) is 11.4 Å². The van der Waals surface area contributed by atoms with E-state index in [9.17, 15) is 14.9 Å². The van der Waals surface area contributed by atoms with E-state index in [1.54, 1.807) is 22.9 Å². The second-order valence-corrected chi connectivity index (χ2v) is 9.91. The van der Waals surface area contributed by atoms with E-state index in [0.717, 1.165) is 22.0 Å². The van der Waals surface area contributed by atoms with Gasteiger partial charge in [-0.25, -0.2) is 4.68 Å². The van der Waals surface area contributed by atoms with Crippen molar-refractivity contribution in [3.63, 3.8) is 0 Å². The standard InChI is InChI=1S/C27H23N5O3/c1-27(2)14-20-23(22(33)15-27)24(19-11-5-6-13-21(19)32(34)35)31-26(28-20)29-25(30-31)18-12-7-9-16-8-3-4-10-17(16)18/h3-13,24H,14-15H2,1-2H3,(H,28,29,30). The van der Waals surface area contributed by atoms with Gasteiger partial charge in [-0.2, -0.15) is 4.98 Å². The maximum absolute atomic E-state index is 13.4. The van der Waals surface area contributed by atoms with Crippen LogP contribution in [-0.2, 0) is 4.79 Å². The van der Waals surface area contributed by atoms with Gasteiger partial charge in [0, 0.05) is 29.3 Å². The Bertz CT molecular complexity index is 1560. The number of carbonyl (C=O) groups excluding carboxylic acids is 1. The molecule has 4 aromatic rings. The van der Waals surface area contributed by atoms with Crippen molar-refractivity contribution in [1.29, 1.82) is 0 Å². The number of nitro groups is 1. The van der Waals surface area contributed by atoms with Gasteiger partial charge in [-0.15, -0.1) is 5.10 Å². The number of fused-ring (bicyclic) bond motifs is 2. The molecule has 0 fully saturated rings. The van der Waals surface area contributed by atoms with E-state index in [1.807, 2.05) is 42.5 Å². The van der Waals surface area contributed by atoms with Gasteiger partial charge in [0.15, 0.2) is 11.6 Å². The third-order valence-corrected chi connectivity index (χ3v) is 6.79. The molecule has 0 bridgehead atoms. The lowest BCUT2D eigenvalue weighted by molar-refractivity contribution is -0.385. The summed E-state index contributed by atoms with van der Waals surface area (Å²) in [6.45, 7) is 4.11. The molecule has 8 nitrogen and oxygen atoms in total. The lowest BCUT2D eigenvalue weighted by Gasteiger charge is -2.38. The maximum atomic E-state index is 13.4. The van der Waals surface area contributed by atoms with Crippen molar-refractivity contribution in [3.05, 3.63) is 93.7 Å². The van der Waals surface area contributed by atoms with Crippen LogP contribution in [0.4, 0.5) is 11.6 Å². The van der Waals surface area contributed by atoms with E-state index >= 15 is 0 Å². The van der Waals surface area contributed by atoms with E-state index in [0.29, 0.717) is 35.8 Å². The fourth-order valence-corrected chi connectivity index (χ4v) is 5.32. The van der Waals surface area contributed by atoms with Crippen LogP contribution in [0.1, 0.15) is 38.3 Å². The van der Waals surface area contributed by atoms with E-state index in [-0.39, 0.29) is 16.9 Å². The van der Waals surface area contributed by atoms with Gasteiger partial charge in [0.2, 0.25) is 5.95 Å². The molecule has 3 aromatic carbocycles. The molecule has 1 aromatic heterocycles. The quantitative estimate of drug-likeness (QED) is 0.309. The fraction of sp³-hybridized carbons (Fsp3) is 0.222. The average Bonchev–Trinajstić information content (AvgIpc) is 3.25. The van der Waals surface area contributed by atoms with Gasteiger partial charge in [0.25, 0.3) is 5.69 Å². The minimum Gasteiger partial charge on any atom is -0.328 e. The highest BCUT2D eigenvalue weighted by Gasteiger charge is 2.43. The Balaban J connectivity index is 1.59. The molecule has 2 aliphatic rings. The number of para-hydroxylation sites is 1. The largest absolute Gasteiger partial charge is 0.328 e. The molecule has 0 radical (unpaired) electrons. The molecule has 0 spiro atoms. The summed E-state index contributed by atoms with van der Waals surface area (Å²) in [7, 11) is 0. The van der Waals surface area contributed by atoms with Crippen LogP contribution < -0.4 is 5.32 Å². The van der Waals surface area contributed by atoms with Crippen molar-refractivity contribution >= 4 is 28.2 Å². The lowest BCUT2D eigenvalue weighted by Crippen LogP contribution is -2.36. The maximum Gasteiger partial charge on any atom is 0.275 e. The Hall–Kier alpha value is -4.33. The first-order valence-corrected chi connectivity index (χ1v) is 11.5. The Labute approximate surface area is 201 Å². The van der Waals surface area contributed by atoms with Crippen molar-refractivity contribution in [2.24, 2.45) is 5.41 Å². The van der Waals surface area contributed by atoms with Crippen molar-refractivity contribution in [2.45, 2.75) is 32.7 Å². The minimum absolute atomic E-state index is 0.0280. The Morgan fingerprint density at radius 1 is 1.03 bits per heavy atom. The summed E-state index contributed by atoms with van der Waals surface area (Å²) in [5.74, 6) is 0.944. The first-order chi connectivity index (χ1) is 16.8. The number of nitrogens with zero attached hydrogens (tertiary/aromatic N) is 4. The third kappa shape index (κ3) is 3.41. The molecule has 1 unspecified atom stereocenters. The van der Waals surface area contributed by atoms with Crippen LogP contribution in [0.2, 0.25) is 0 Å². The lowest BCUT2D eigenvalue weighted by atomic mass is 9.73. The third-order valence-electron chi connectivity index (χ3n) is 6.79. The second-order valence-electron chi connectivity index (χ2n) is 9.91. The summed E-state index contributed by atoms with van der Waals surface area (Å²) in [4.78, 5) is 29.8. The Morgan fingerprint density at radius 3 is 2.60 bits per heavy atom. The van der Waals surface area contributed by atoms with Gasteiger partial charge in [-0.1, -0.05) is 68.4 Å². The number of benzene rings is 3. The molecule has 1 aliphatic carbocycles. The number of nitro benzene ring substituents is 1. The van der Waals surface area contributed by atoms with Crippen LogP contribution in [0.3, 0.4) is 0 Å². The molecule has 6 rings (SSSR count). The molecule has 1 N–H and O–H groups in total. The number of Topliss-reactive ketones (excluding diaryl/α,β-unsaturated/α-hetero) is 1. The highest BCUT2D eigenvalue weighted by Crippen LogP contribution is 2.47.